The van der Waals surface area contributed by atoms with Gasteiger partial charge in [0.2, 0.25) is 0 Å². The van der Waals surface area contributed by atoms with E-state index in [-0.39, 0.29) is 6.04 Å². The lowest BCUT2D eigenvalue weighted by Gasteiger charge is -2.37. The Morgan fingerprint density at radius 3 is 2.53 bits per heavy atom. The van der Waals surface area contributed by atoms with E-state index in [0.717, 1.165) is 45.6 Å². The van der Waals surface area contributed by atoms with Crippen LogP contribution >= 0.6 is 11.6 Å². The lowest BCUT2D eigenvalue weighted by atomic mass is 10.1. The fourth-order valence-corrected chi connectivity index (χ4v) is 2.29. The van der Waals surface area contributed by atoms with Crippen molar-refractivity contribution in [3.63, 3.8) is 0 Å². The van der Waals surface area contributed by atoms with E-state index >= 15 is 0 Å². The quantitative estimate of drug-likeness (QED) is 0.756. The van der Waals surface area contributed by atoms with Crippen LogP contribution < -0.4 is 0 Å². The molecule has 0 spiro atoms. The predicted octanol–water partition coefficient (Wildman–Crippen LogP) is 2.44. The summed E-state index contributed by atoms with van der Waals surface area (Å²) in [6, 6.07) is 2.52. The highest BCUT2D eigenvalue weighted by atomic mass is 35.5. The molecule has 0 N–H and O–H groups in total. The Kier molecular flexibility index (Phi) is 6.57. The Morgan fingerprint density at radius 2 is 2.06 bits per heavy atom. The molecule has 96 valence electrons. The van der Waals surface area contributed by atoms with Crippen molar-refractivity contribution in [1.82, 2.24) is 9.80 Å². The van der Waals surface area contributed by atoms with Crippen LogP contribution in [0.25, 0.3) is 0 Å². The number of halogens is 1. The maximum absolute atomic E-state index is 9.13. The molecule has 1 heterocycles. The van der Waals surface area contributed by atoms with Crippen LogP contribution in [0, 0.1) is 11.3 Å². The van der Waals surface area contributed by atoms with E-state index in [0.29, 0.717) is 0 Å². The summed E-state index contributed by atoms with van der Waals surface area (Å²) < 4.78 is 0. The van der Waals surface area contributed by atoms with Gasteiger partial charge >= 0.3 is 0 Å². The average molecular weight is 256 g/mol. The Balaban J connectivity index is 2.37. The summed E-state index contributed by atoms with van der Waals surface area (Å²) in [4.78, 5) is 4.70. The van der Waals surface area contributed by atoms with Crippen molar-refractivity contribution in [3.8, 4) is 6.07 Å². The van der Waals surface area contributed by atoms with E-state index in [1.807, 2.05) is 0 Å². The zero-order chi connectivity index (χ0) is 12.7. The summed E-state index contributed by atoms with van der Waals surface area (Å²) in [6.07, 6.45) is 2.06. The van der Waals surface area contributed by atoms with Crippen LogP contribution in [0.1, 0.15) is 26.7 Å². The third-order valence-corrected chi connectivity index (χ3v) is 3.59. The number of rotatable bonds is 5. The van der Waals surface area contributed by atoms with Crippen molar-refractivity contribution in [2.45, 2.75) is 32.7 Å². The third kappa shape index (κ3) is 4.67. The third-order valence-electron chi connectivity index (χ3n) is 3.22. The normalized spacial score (nSPS) is 21.2. The van der Waals surface area contributed by atoms with Crippen LogP contribution in [0.15, 0.2) is 11.1 Å². The Hall–Kier alpha value is -0.560. The van der Waals surface area contributed by atoms with Gasteiger partial charge in [0, 0.05) is 38.3 Å². The largest absolute Gasteiger partial charge is 0.297 e. The van der Waals surface area contributed by atoms with Crippen molar-refractivity contribution in [2.75, 3.05) is 32.7 Å². The molecule has 4 heteroatoms. The number of piperazine rings is 1. The number of nitrogens with zero attached hydrogens (tertiary/aromatic N) is 3. The lowest BCUT2D eigenvalue weighted by Crippen LogP contribution is -2.50. The van der Waals surface area contributed by atoms with Gasteiger partial charge in [0.25, 0.3) is 0 Å². The molecule has 1 aliphatic heterocycles. The van der Waals surface area contributed by atoms with Gasteiger partial charge in [-0.05, 0) is 18.9 Å². The summed E-state index contributed by atoms with van der Waals surface area (Å²) in [7, 11) is 0. The SMILES string of the molecule is CCCC(C#N)N1CCN(CC(C)=CCl)CC1. The monoisotopic (exact) mass is 255 g/mol. The van der Waals surface area contributed by atoms with Crippen LogP contribution in [0.4, 0.5) is 0 Å². The van der Waals surface area contributed by atoms with E-state index in [2.05, 4.69) is 29.7 Å². The first-order valence-electron chi connectivity index (χ1n) is 6.33. The van der Waals surface area contributed by atoms with Crippen molar-refractivity contribution < 1.29 is 0 Å². The zero-order valence-electron chi connectivity index (χ0n) is 10.8. The summed E-state index contributed by atoms with van der Waals surface area (Å²) in [5.41, 5.74) is 2.85. The molecule has 3 nitrogen and oxygen atoms in total. The lowest BCUT2D eigenvalue weighted by molar-refractivity contribution is 0.117. The van der Waals surface area contributed by atoms with Crippen molar-refractivity contribution in [2.24, 2.45) is 0 Å². The molecule has 1 unspecified atom stereocenters. The highest BCUT2D eigenvalue weighted by Crippen LogP contribution is 2.11. The van der Waals surface area contributed by atoms with Gasteiger partial charge in [0.15, 0.2) is 0 Å². The Labute approximate surface area is 110 Å². The van der Waals surface area contributed by atoms with Gasteiger partial charge in [-0.3, -0.25) is 9.80 Å². The van der Waals surface area contributed by atoms with Gasteiger partial charge in [-0.25, -0.2) is 0 Å². The average Bonchev–Trinajstić information content (AvgIpc) is 2.37. The molecule has 0 aromatic heterocycles. The maximum atomic E-state index is 9.13. The van der Waals surface area contributed by atoms with E-state index in [9.17, 15) is 0 Å². The molecule has 0 saturated carbocycles. The molecule has 0 aromatic carbocycles. The second-order valence-corrected chi connectivity index (χ2v) is 4.92. The zero-order valence-corrected chi connectivity index (χ0v) is 11.6. The van der Waals surface area contributed by atoms with Gasteiger partial charge in [0.1, 0.15) is 0 Å². The molecule has 1 atom stereocenters. The second-order valence-electron chi connectivity index (χ2n) is 4.70. The molecular weight excluding hydrogens is 234 g/mol. The fraction of sp³-hybridized carbons (Fsp3) is 0.769. The first-order valence-corrected chi connectivity index (χ1v) is 6.76. The molecule has 17 heavy (non-hydrogen) atoms. The number of nitriles is 1. The van der Waals surface area contributed by atoms with Crippen molar-refractivity contribution in [3.05, 3.63) is 11.1 Å². The fourth-order valence-electron chi connectivity index (χ4n) is 2.22. The Bertz CT molecular complexity index is 288. The van der Waals surface area contributed by atoms with Crippen LogP contribution in [0.3, 0.4) is 0 Å². The van der Waals surface area contributed by atoms with Gasteiger partial charge in [-0.1, -0.05) is 24.9 Å². The molecule has 1 saturated heterocycles. The van der Waals surface area contributed by atoms with Crippen LogP contribution in [0.5, 0.6) is 0 Å². The molecule has 0 aliphatic carbocycles. The topological polar surface area (TPSA) is 30.3 Å². The minimum atomic E-state index is 0.104. The molecule has 1 fully saturated rings. The molecule has 0 amide bonds. The molecule has 0 radical (unpaired) electrons. The smallest absolute Gasteiger partial charge is 0.0978 e. The molecule has 0 aromatic rings. The highest BCUT2D eigenvalue weighted by Gasteiger charge is 2.22. The van der Waals surface area contributed by atoms with E-state index in [4.69, 9.17) is 16.9 Å². The standard InChI is InChI=1S/C13H22ClN3/c1-3-4-13(10-15)17-7-5-16(6-8-17)11-12(2)9-14/h9,13H,3-8,11H2,1-2H3. The summed E-state index contributed by atoms with van der Waals surface area (Å²) in [6.45, 7) is 9.18. The predicted molar refractivity (Wildman–Crippen MR) is 71.9 cm³/mol. The van der Waals surface area contributed by atoms with Gasteiger partial charge < -0.3 is 0 Å². The van der Waals surface area contributed by atoms with Gasteiger partial charge in [-0.2, -0.15) is 5.26 Å². The van der Waals surface area contributed by atoms with Crippen LogP contribution in [0.2, 0.25) is 0 Å². The first kappa shape index (κ1) is 14.5. The minimum absolute atomic E-state index is 0.104. The second kappa shape index (κ2) is 7.71. The maximum Gasteiger partial charge on any atom is 0.0978 e. The minimum Gasteiger partial charge on any atom is -0.297 e. The first-order chi connectivity index (χ1) is 8.21. The molecule has 0 bridgehead atoms. The van der Waals surface area contributed by atoms with Crippen LogP contribution in [-0.2, 0) is 0 Å². The van der Waals surface area contributed by atoms with Gasteiger partial charge in [-0.15, -0.1) is 0 Å². The van der Waals surface area contributed by atoms with Crippen molar-refractivity contribution >= 4 is 11.6 Å². The molecule has 1 aliphatic rings. The highest BCUT2D eigenvalue weighted by molar-refractivity contribution is 6.25. The molecule has 1 rings (SSSR count). The summed E-state index contributed by atoms with van der Waals surface area (Å²) >= 11 is 5.67. The van der Waals surface area contributed by atoms with E-state index in [1.165, 1.54) is 5.57 Å². The van der Waals surface area contributed by atoms with Crippen LogP contribution in [-0.4, -0.2) is 48.6 Å². The Morgan fingerprint density at radius 1 is 1.41 bits per heavy atom. The van der Waals surface area contributed by atoms with E-state index < -0.39 is 0 Å². The number of hydrogen-bond acceptors (Lipinski definition) is 3. The summed E-state index contributed by atoms with van der Waals surface area (Å²) in [5.74, 6) is 0. The van der Waals surface area contributed by atoms with Gasteiger partial charge in [0.05, 0.1) is 12.1 Å². The summed E-state index contributed by atoms with van der Waals surface area (Å²) in [5, 5.41) is 9.13. The molecular formula is C13H22ClN3. The van der Waals surface area contributed by atoms with Crippen molar-refractivity contribution in [1.29, 1.82) is 5.26 Å². The number of hydrogen-bond donors (Lipinski definition) is 0. The van der Waals surface area contributed by atoms with E-state index in [1.54, 1.807) is 5.54 Å².